The number of amides is 2. The molecule has 3 fully saturated rings. The molecule has 7 heteroatoms. The highest BCUT2D eigenvalue weighted by Crippen LogP contribution is 2.56. The molecule has 3 aromatic carbocycles. The Morgan fingerprint density at radius 2 is 1.48 bits per heavy atom. The van der Waals surface area contributed by atoms with Gasteiger partial charge in [0.15, 0.2) is 12.4 Å². The lowest BCUT2D eigenvalue weighted by Gasteiger charge is -2.19. The lowest BCUT2D eigenvalue weighted by Crippen LogP contribution is -2.32. The summed E-state index contributed by atoms with van der Waals surface area (Å²) in [4.78, 5) is 58.2. The fourth-order valence-corrected chi connectivity index (χ4v) is 6.85. The van der Waals surface area contributed by atoms with Gasteiger partial charge in [0.2, 0.25) is 11.8 Å². The van der Waals surface area contributed by atoms with E-state index in [2.05, 4.69) is 0 Å². The molecule has 2 bridgehead atoms. The van der Waals surface area contributed by atoms with Crippen molar-refractivity contribution in [3.8, 4) is 11.3 Å². The largest absolute Gasteiger partial charge is 0.454 e. The summed E-state index contributed by atoms with van der Waals surface area (Å²) in [5.74, 6) is -0.729. The lowest BCUT2D eigenvalue weighted by atomic mass is 9.81. The number of fused-ring (bicyclic) bond motifs is 6. The van der Waals surface area contributed by atoms with E-state index in [-0.39, 0.29) is 36.0 Å². The highest BCUT2D eigenvalue weighted by atomic mass is 16.5. The molecule has 3 aliphatic rings. The summed E-state index contributed by atoms with van der Waals surface area (Å²) in [5, 5.41) is 0.620. The number of anilines is 1. The Bertz CT molecular complexity index is 1650. The first-order valence-electron chi connectivity index (χ1n) is 13.6. The minimum Gasteiger partial charge on any atom is -0.454 e. The summed E-state index contributed by atoms with van der Waals surface area (Å²) < 4.78 is 5.41. The highest BCUT2D eigenvalue weighted by molar-refractivity contribution is 6.22. The van der Waals surface area contributed by atoms with E-state index in [0.717, 1.165) is 24.8 Å². The van der Waals surface area contributed by atoms with Gasteiger partial charge < -0.3 is 4.74 Å². The summed E-state index contributed by atoms with van der Waals surface area (Å²) >= 11 is 0. The number of esters is 1. The van der Waals surface area contributed by atoms with Crippen LogP contribution in [-0.4, -0.2) is 35.2 Å². The summed E-state index contributed by atoms with van der Waals surface area (Å²) in [6.07, 6.45) is 3.07. The second-order valence-corrected chi connectivity index (χ2v) is 10.9. The second kappa shape index (κ2) is 9.52. The number of ketones is 1. The van der Waals surface area contributed by atoms with Gasteiger partial charge in [0, 0.05) is 16.5 Å². The van der Waals surface area contributed by atoms with Gasteiger partial charge >= 0.3 is 5.97 Å². The summed E-state index contributed by atoms with van der Waals surface area (Å²) in [7, 11) is 0. The van der Waals surface area contributed by atoms with Gasteiger partial charge in [0.25, 0.3) is 0 Å². The van der Waals surface area contributed by atoms with E-state index >= 15 is 0 Å². The van der Waals surface area contributed by atoms with Gasteiger partial charge in [-0.1, -0.05) is 60.7 Å². The minimum absolute atomic E-state index is 0.0751. The van der Waals surface area contributed by atoms with Gasteiger partial charge in [0.1, 0.15) is 0 Å². The van der Waals surface area contributed by atoms with Crippen molar-refractivity contribution in [3.63, 3.8) is 0 Å². The normalized spacial score (nSPS) is 23.1. The third-order valence-corrected chi connectivity index (χ3v) is 8.71. The Labute approximate surface area is 230 Å². The molecule has 4 aromatic rings. The third kappa shape index (κ3) is 3.92. The van der Waals surface area contributed by atoms with E-state index in [9.17, 15) is 19.2 Å². The van der Waals surface area contributed by atoms with Crippen molar-refractivity contribution in [1.29, 1.82) is 0 Å². The number of hydrogen-bond acceptors (Lipinski definition) is 6. The van der Waals surface area contributed by atoms with Crippen LogP contribution in [0.5, 0.6) is 0 Å². The molecule has 4 atom stereocenters. The number of rotatable bonds is 6. The number of benzene rings is 3. The molecular weight excluding hydrogens is 504 g/mol. The maximum absolute atomic E-state index is 13.2. The van der Waals surface area contributed by atoms with Crippen molar-refractivity contribution >= 4 is 40.2 Å². The van der Waals surface area contributed by atoms with Gasteiger partial charge in [-0.25, -0.2) is 9.78 Å². The highest BCUT2D eigenvalue weighted by Gasteiger charge is 2.61. The SMILES string of the molecule is O=C(COC(=O)c1cc(-c2ccc(N3C(=O)[C@H]4[C@@H]5CC[C@@H](C5)[C@@H]4C3=O)cc2)nc2ccccc12)c1ccccc1. The second-order valence-electron chi connectivity index (χ2n) is 10.9. The molecule has 0 unspecified atom stereocenters. The first kappa shape index (κ1) is 24.4. The van der Waals surface area contributed by atoms with E-state index in [0.29, 0.717) is 45.2 Å². The van der Waals surface area contributed by atoms with Crippen LogP contribution in [0.4, 0.5) is 5.69 Å². The standard InChI is InChI=1S/C33H26N2O5/c36-28(20-6-2-1-3-7-20)18-40-33(39)25-17-27(34-26-9-5-4-8-24(25)26)19-12-14-23(15-13-19)35-31(37)29-21-10-11-22(16-21)30(29)32(35)38/h1-9,12-15,17,21-22,29-30H,10-11,16,18H2/t21-,22+,29-,30-/m0/s1. The van der Waals surface area contributed by atoms with Crippen molar-refractivity contribution in [1.82, 2.24) is 4.98 Å². The maximum Gasteiger partial charge on any atom is 0.339 e. The summed E-state index contributed by atoms with van der Waals surface area (Å²) in [6, 6.07) is 24.8. The molecule has 2 heterocycles. The van der Waals surface area contributed by atoms with Gasteiger partial charge in [0.05, 0.1) is 34.3 Å². The quantitative estimate of drug-likeness (QED) is 0.186. The number of imide groups is 1. The minimum atomic E-state index is -0.616. The van der Waals surface area contributed by atoms with Crippen molar-refractivity contribution in [2.24, 2.45) is 23.7 Å². The number of aromatic nitrogens is 1. The van der Waals surface area contributed by atoms with Crippen LogP contribution in [0.15, 0.2) is 84.9 Å². The Kier molecular flexibility index (Phi) is 5.81. The zero-order valence-corrected chi connectivity index (χ0v) is 21.7. The number of para-hydroxylation sites is 1. The molecule has 0 radical (unpaired) electrons. The zero-order valence-electron chi connectivity index (χ0n) is 21.7. The molecule has 40 heavy (non-hydrogen) atoms. The van der Waals surface area contributed by atoms with Crippen molar-refractivity contribution in [2.75, 3.05) is 11.5 Å². The number of pyridine rings is 1. The molecule has 7 nitrogen and oxygen atoms in total. The smallest absolute Gasteiger partial charge is 0.339 e. The zero-order chi connectivity index (χ0) is 27.4. The number of ether oxygens (including phenoxy) is 1. The average molecular weight is 531 g/mol. The summed E-state index contributed by atoms with van der Waals surface area (Å²) in [6.45, 7) is -0.370. The lowest BCUT2D eigenvalue weighted by molar-refractivity contribution is -0.123. The average Bonchev–Trinajstić information content (AvgIpc) is 3.69. The van der Waals surface area contributed by atoms with Crippen LogP contribution in [0.1, 0.15) is 40.0 Å². The van der Waals surface area contributed by atoms with Gasteiger partial charge in [-0.3, -0.25) is 19.3 Å². The Hall–Kier alpha value is -4.65. The van der Waals surface area contributed by atoms with Crippen molar-refractivity contribution in [3.05, 3.63) is 96.1 Å². The predicted octanol–water partition coefficient (Wildman–Crippen LogP) is 5.48. The monoisotopic (exact) mass is 530 g/mol. The topological polar surface area (TPSA) is 93.6 Å². The van der Waals surface area contributed by atoms with E-state index < -0.39 is 5.97 Å². The van der Waals surface area contributed by atoms with Crippen molar-refractivity contribution < 1.29 is 23.9 Å². The first-order chi connectivity index (χ1) is 19.5. The van der Waals surface area contributed by atoms with Crippen LogP contribution in [0.3, 0.4) is 0 Å². The first-order valence-corrected chi connectivity index (χ1v) is 13.6. The Balaban J connectivity index is 1.16. The van der Waals surface area contributed by atoms with Crippen LogP contribution < -0.4 is 4.90 Å². The molecule has 2 aliphatic carbocycles. The van der Waals surface area contributed by atoms with Crippen LogP contribution in [0, 0.1) is 23.7 Å². The molecule has 0 N–H and O–H groups in total. The number of carbonyl (C=O) groups is 4. The molecule has 7 rings (SSSR count). The number of carbonyl (C=O) groups excluding carboxylic acids is 4. The summed E-state index contributed by atoms with van der Waals surface area (Å²) in [5.41, 5.74) is 3.22. The fourth-order valence-electron chi connectivity index (χ4n) is 6.85. The Morgan fingerprint density at radius 1 is 0.825 bits per heavy atom. The molecule has 2 amide bonds. The molecule has 0 spiro atoms. The predicted molar refractivity (Wildman–Crippen MR) is 149 cm³/mol. The van der Waals surface area contributed by atoms with Crippen LogP contribution >= 0.6 is 0 Å². The van der Waals surface area contributed by atoms with E-state index in [4.69, 9.17) is 9.72 Å². The van der Waals surface area contributed by atoms with Gasteiger partial charge in [-0.2, -0.15) is 0 Å². The molecular formula is C33H26N2O5. The fraction of sp³-hybridized carbons (Fsp3) is 0.242. The van der Waals surface area contributed by atoms with E-state index in [1.54, 1.807) is 48.5 Å². The third-order valence-electron chi connectivity index (χ3n) is 8.71. The number of Topliss-reactive ketones (excluding diaryl/α,β-unsaturated/α-hetero) is 1. The number of nitrogens with zero attached hydrogens (tertiary/aromatic N) is 2. The Morgan fingerprint density at radius 3 is 2.17 bits per heavy atom. The van der Waals surface area contributed by atoms with Gasteiger partial charge in [-0.05, 0) is 55.4 Å². The molecule has 1 aliphatic heterocycles. The molecule has 198 valence electrons. The molecule has 2 saturated carbocycles. The van der Waals surface area contributed by atoms with Gasteiger partial charge in [-0.15, -0.1) is 0 Å². The molecule has 1 aromatic heterocycles. The maximum atomic E-state index is 13.2. The molecule has 1 saturated heterocycles. The van der Waals surface area contributed by atoms with E-state index in [1.165, 1.54) is 4.90 Å². The van der Waals surface area contributed by atoms with Crippen LogP contribution in [-0.2, 0) is 14.3 Å². The van der Waals surface area contributed by atoms with Crippen LogP contribution in [0.25, 0.3) is 22.2 Å². The van der Waals surface area contributed by atoms with Crippen LogP contribution in [0.2, 0.25) is 0 Å². The van der Waals surface area contributed by atoms with E-state index in [1.807, 2.05) is 36.4 Å². The number of hydrogen-bond donors (Lipinski definition) is 0. The van der Waals surface area contributed by atoms with Crippen molar-refractivity contribution in [2.45, 2.75) is 19.3 Å².